The minimum atomic E-state index is -3.00. The van der Waals surface area contributed by atoms with Crippen molar-refractivity contribution >= 4 is 34.9 Å². The number of rotatable bonds is 8. The first kappa shape index (κ1) is 28.0. The lowest BCUT2D eigenvalue weighted by Gasteiger charge is -2.37. The van der Waals surface area contributed by atoms with Crippen LogP contribution in [0.4, 0.5) is 14.6 Å². The van der Waals surface area contributed by atoms with Gasteiger partial charge in [0, 0.05) is 11.8 Å². The lowest BCUT2D eigenvalue weighted by atomic mass is 9.91. The van der Waals surface area contributed by atoms with Crippen LogP contribution in [0, 0.1) is 0 Å². The highest BCUT2D eigenvalue weighted by Gasteiger charge is 2.39. The number of hydrogen-bond acceptors (Lipinski definition) is 5. The summed E-state index contributed by atoms with van der Waals surface area (Å²) in [7, 11) is 1.41. The molecular weight excluding hydrogens is 581 g/mol. The Balaban J connectivity index is 1.63. The van der Waals surface area contributed by atoms with E-state index < -0.39 is 12.7 Å². The van der Waals surface area contributed by atoms with Gasteiger partial charge in [0.25, 0.3) is 0 Å². The van der Waals surface area contributed by atoms with E-state index in [9.17, 15) is 8.78 Å². The molecule has 0 saturated heterocycles. The predicted octanol–water partition coefficient (Wildman–Crippen LogP) is 8.75. The summed E-state index contributed by atoms with van der Waals surface area (Å²) >= 11 is 13.2. The van der Waals surface area contributed by atoms with Crippen molar-refractivity contribution in [3.05, 3.63) is 112 Å². The van der Waals surface area contributed by atoms with E-state index in [0.717, 1.165) is 29.7 Å². The maximum absolute atomic E-state index is 13.1. The van der Waals surface area contributed by atoms with Gasteiger partial charge in [-0.1, -0.05) is 85.1 Å². The normalized spacial score (nSPS) is 15.9. The first-order valence-electron chi connectivity index (χ1n) is 13.4. The molecular formula is C32H26Cl2F2N4O2. The van der Waals surface area contributed by atoms with Gasteiger partial charge in [0.1, 0.15) is 5.69 Å². The summed E-state index contributed by atoms with van der Waals surface area (Å²) in [5.41, 5.74) is 5.18. The van der Waals surface area contributed by atoms with Crippen LogP contribution < -0.4 is 9.47 Å². The zero-order valence-electron chi connectivity index (χ0n) is 22.8. The van der Waals surface area contributed by atoms with Crippen molar-refractivity contribution in [1.29, 1.82) is 0 Å². The van der Waals surface area contributed by atoms with Crippen LogP contribution in [-0.2, 0) is 6.42 Å². The summed E-state index contributed by atoms with van der Waals surface area (Å²) in [6.07, 6.45) is 5.41. The van der Waals surface area contributed by atoms with Crippen LogP contribution in [0.5, 0.6) is 11.5 Å². The summed E-state index contributed by atoms with van der Waals surface area (Å²) in [6, 6.07) is 22.4. The van der Waals surface area contributed by atoms with Gasteiger partial charge in [0.05, 0.1) is 34.5 Å². The van der Waals surface area contributed by atoms with E-state index in [1.54, 1.807) is 29.1 Å². The molecule has 1 atom stereocenters. The number of aliphatic imine (C=N–C) groups is 1. The van der Waals surface area contributed by atoms with Crippen LogP contribution in [0.3, 0.4) is 0 Å². The number of benzene rings is 3. The number of aromatic nitrogens is 2. The van der Waals surface area contributed by atoms with Gasteiger partial charge in [-0.15, -0.1) is 0 Å². The molecule has 2 aliphatic heterocycles. The van der Waals surface area contributed by atoms with Gasteiger partial charge in [-0.25, -0.2) is 9.67 Å². The Morgan fingerprint density at radius 3 is 2.43 bits per heavy atom. The van der Waals surface area contributed by atoms with E-state index in [0.29, 0.717) is 33.0 Å². The van der Waals surface area contributed by atoms with E-state index in [-0.39, 0.29) is 11.5 Å². The monoisotopic (exact) mass is 606 g/mol. The molecule has 0 fully saturated rings. The van der Waals surface area contributed by atoms with Crippen LogP contribution >= 0.6 is 23.2 Å². The minimum absolute atomic E-state index is 0.0713. The van der Waals surface area contributed by atoms with E-state index in [4.69, 9.17) is 42.8 Å². The van der Waals surface area contributed by atoms with Crippen LogP contribution in [0.15, 0.2) is 100 Å². The number of fused-ring (bicyclic) bond motifs is 2. The molecule has 4 aromatic rings. The highest BCUT2D eigenvalue weighted by molar-refractivity contribution is 6.45. The largest absolute Gasteiger partial charge is 0.493 e. The van der Waals surface area contributed by atoms with E-state index >= 15 is 0 Å². The zero-order chi connectivity index (χ0) is 29.4. The minimum Gasteiger partial charge on any atom is -0.493 e. The Hall–Kier alpha value is -4.14. The highest BCUT2D eigenvalue weighted by atomic mass is 35.5. The smallest absolute Gasteiger partial charge is 0.387 e. The first-order chi connectivity index (χ1) is 20.4. The second-order valence-electron chi connectivity index (χ2n) is 9.82. The van der Waals surface area contributed by atoms with Crippen molar-refractivity contribution in [2.75, 3.05) is 7.11 Å². The fourth-order valence-corrected chi connectivity index (χ4v) is 5.85. The summed E-state index contributed by atoms with van der Waals surface area (Å²) < 4.78 is 38.2. The predicted molar refractivity (Wildman–Crippen MR) is 161 cm³/mol. The molecule has 42 heavy (non-hydrogen) atoms. The van der Waals surface area contributed by atoms with E-state index in [1.807, 2.05) is 35.2 Å². The number of hydrogen-bond donors (Lipinski definition) is 0. The van der Waals surface area contributed by atoms with Gasteiger partial charge in [-0.05, 0) is 47.9 Å². The summed E-state index contributed by atoms with van der Waals surface area (Å²) in [5, 5.41) is 5.87. The summed E-state index contributed by atoms with van der Waals surface area (Å²) in [5.74, 6) is 1.16. The van der Waals surface area contributed by atoms with Crippen molar-refractivity contribution in [3.8, 4) is 28.4 Å². The third kappa shape index (κ3) is 5.16. The fourth-order valence-electron chi connectivity index (χ4n) is 5.32. The van der Waals surface area contributed by atoms with Crippen LogP contribution in [0.1, 0.15) is 36.1 Å². The standard InChI is InChI=1S/C32H26Cl2F2N4O2/c1-3-7-19-10-12-20(13-11-19)28-27-29(21-14-15-25(42-32(35)36)26(16-21)41-2)39-18-22(33)17-24(34)30(39)37-31(27)40(38-28)23-8-5-4-6-9-23/h4-6,8-18,29,32H,3,7H2,1-2H3/t29-/m0/s1. The second-order valence-corrected chi connectivity index (χ2v) is 10.7. The number of halogens is 4. The maximum Gasteiger partial charge on any atom is 0.387 e. The van der Waals surface area contributed by atoms with Gasteiger partial charge >= 0.3 is 6.61 Å². The van der Waals surface area contributed by atoms with E-state index in [2.05, 4.69) is 31.2 Å². The number of nitrogens with zero attached hydrogens (tertiary/aromatic N) is 4. The van der Waals surface area contributed by atoms with Gasteiger partial charge in [0.15, 0.2) is 23.2 Å². The first-order valence-corrected chi connectivity index (χ1v) is 14.2. The molecule has 0 N–H and O–H groups in total. The van der Waals surface area contributed by atoms with Crippen LogP contribution in [-0.4, -0.2) is 34.2 Å². The Morgan fingerprint density at radius 2 is 1.74 bits per heavy atom. The molecule has 1 aromatic heterocycles. The summed E-state index contributed by atoms with van der Waals surface area (Å²) in [6.45, 7) is -0.849. The van der Waals surface area contributed by atoms with Crippen molar-refractivity contribution in [3.63, 3.8) is 0 Å². The molecule has 6 nitrogen and oxygen atoms in total. The zero-order valence-corrected chi connectivity index (χ0v) is 24.3. The Bertz CT molecular complexity index is 1720. The molecule has 214 valence electrons. The van der Waals surface area contributed by atoms with E-state index in [1.165, 1.54) is 18.7 Å². The molecule has 0 aliphatic carbocycles. The molecule has 0 saturated carbocycles. The van der Waals surface area contributed by atoms with Crippen molar-refractivity contribution in [2.45, 2.75) is 32.4 Å². The van der Waals surface area contributed by atoms with Gasteiger partial charge < -0.3 is 14.4 Å². The second kappa shape index (κ2) is 11.6. The Labute approximate surface area is 252 Å². The van der Waals surface area contributed by atoms with Gasteiger partial charge in [-0.3, -0.25) is 0 Å². The average Bonchev–Trinajstić information content (AvgIpc) is 3.36. The maximum atomic E-state index is 13.1. The number of amidine groups is 1. The summed E-state index contributed by atoms with van der Waals surface area (Å²) in [4.78, 5) is 6.89. The average molecular weight is 607 g/mol. The Kier molecular flexibility index (Phi) is 7.75. The Morgan fingerprint density at radius 1 is 0.976 bits per heavy atom. The molecule has 0 spiro atoms. The molecule has 2 aliphatic rings. The molecule has 3 aromatic carbocycles. The molecule has 0 unspecified atom stereocenters. The lowest BCUT2D eigenvalue weighted by molar-refractivity contribution is -0.0512. The fraction of sp³-hybridized carbons (Fsp3) is 0.188. The number of ether oxygens (including phenoxy) is 2. The van der Waals surface area contributed by atoms with Crippen molar-refractivity contribution < 1.29 is 18.3 Å². The number of para-hydroxylation sites is 1. The highest BCUT2D eigenvalue weighted by Crippen LogP contribution is 2.49. The van der Waals surface area contributed by atoms with Crippen LogP contribution in [0.2, 0.25) is 0 Å². The third-order valence-electron chi connectivity index (χ3n) is 7.13. The quantitative estimate of drug-likeness (QED) is 0.201. The molecule has 0 bridgehead atoms. The number of allylic oxidation sites excluding steroid dienone is 2. The number of aryl methyl sites for hydroxylation is 1. The molecule has 6 rings (SSSR count). The SMILES string of the molecule is CCCc1ccc(-c2nn(-c3ccccc3)c3c2[C@H](c2ccc(OC(F)F)c(OC)c2)N2C=C(Cl)C=C(Cl)C2=N3)cc1. The topological polar surface area (TPSA) is 51.9 Å². The molecule has 3 heterocycles. The van der Waals surface area contributed by atoms with Gasteiger partial charge in [0.2, 0.25) is 0 Å². The number of alkyl halides is 2. The molecule has 10 heteroatoms. The lowest BCUT2D eigenvalue weighted by Crippen LogP contribution is -2.35. The van der Waals surface area contributed by atoms with Crippen molar-refractivity contribution in [2.24, 2.45) is 4.99 Å². The molecule has 0 radical (unpaired) electrons. The third-order valence-corrected chi connectivity index (χ3v) is 7.62. The van der Waals surface area contributed by atoms with Crippen molar-refractivity contribution in [1.82, 2.24) is 14.7 Å². The molecule has 0 amide bonds. The van der Waals surface area contributed by atoms with Crippen LogP contribution in [0.25, 0.3) is 16.9 Å². The number of methoxy groups -OCH3 is 1. The van der Waals surface area contributed by atoms with Gasteiger partial charge in [-0.2, -0.15) is 13.9 Å².